The molecule has 6 nitrogen and oxygen atoms in total. The Labute approximate surface area is 168 Å². The summed E-state index contributed by atoms with van der Waals surface area (Å²) in [5.41, 5.74) is 8.39. The van der Waals surface area contributed by atoms with Gasteiger partial charge >= 0.3 is 5.69 Å². The van der Waals surface area contributed by atoms with E-state index < -0.39 is 0 Å². The lowest BCUT2D eigenvalue weighted by molar-refractivity contribution is 0.482. The van der Waals surface area contributed by atoms with Gasteiger partial charge in [-0.25, -0.2) is 9.78 Å². The third-order valence-corrected chi connectivity index (χ3v) is 5.58. The summed E-state index contributed by atoms with van der Waals surface area (Å²) < 4.78 is 9.43. The Kier molecular flexibility index (Phi) is 4.31. The van der Waals surface area contributed by atoms with Crippen LogP contribution in [0.1, 0.15) is 31.7 Å². The van der Waals surface area contributed by atoms with Gasteiger partial charge in [0.15, 0.2) is 0 Å². The second-order valence-corrected chi connectivity index (χ2v) is 7.40. The first kappa shape index (κ1) is 17.6. The summed E-state index contributed by atoms with van der Waals surface area (Å²) in [6.07, 6.45) is 6.01. The van der Waals surface area contributed by atoms with E-state index in [1.807, 2.05) is 65.2 Å². The maximum Gasteiger partial charge on any atom is 0.334 e. The van der Waals surface area contributed by atoms with Crippen LogP contribution in [0.5, 0.6) is 11.5 Å². The number of para-hydroxylation sites is 1. The minimum Gasteiger partial charge on any atom is -0.457 e. The lowest BCUT2D eigenvalue weighted by Crippen LogP contribution is -2.25. The number of hydrogen-bond donors (Lipinski definition) is 1. The number of rotatable bonds is 4. The van der Waals surface area contributed by atoms with E-state index in [0.717, 1.165) is 42.6 Å². The summed E-state index contributed by atoms with van der Waals surface area (Å²) in [5, 5.41) is 0. The van der Waals surface area contributed by atoms with Gasteiger partial charge in [0.25, 0.3) is 0 Å². The topological polar surface area (TPSA) is 75.1 Å². The normalized spacial score (nSPS) is 14.5. The van der Waals surface area contributed by atoms with Gasteiger partial charge in [0.05, 0.1) is 11.2 Å². The number of aromatic nitrogens is 3. The van der Waals surface area contributed by atoms with Crippen LogP contribution in [0, 0.1) is 0 Å². The Balaban J connectivity index is 1.60. The Morgan fingerprint density at radius 3 is 2.34 bits per heavy atom. The zero-order valence-corrected chi connectivity index (χ0v) is 16.0. The Bertz CT molecular complexity index is 1200. The van der Waals surface area contributed by atoms with E-state index in [2.05, 4.69) is 4.98 Å². The predicted octanol–water partition coefficient (Wildman–Crippen LogP) is 4.68. The van der Waals surface area contributed by atoms with Gasteiger partial charge in [0, 0.05) is 12.2 Å². The van der Waals surface area contributed by atoms with Gasteiger partial charge in [-0.15, -0.1) is 0 Å². The molecule has 4 aromatic rings. The SMILES string of the molecule is Nc1nccc2c1n(-c1ccc(Oc3ccccc3)cc1)c(=O)n2C1CCCC1. The molecule has 1 aliphatic rings. The zero-order chi connectivity index (χ0) is 19.8. The number of ether oxygens (including phenoxy) is 1. The number of nitrogen functional groups attached to an aromatic ring is 1. The molecule has 0 spiro atoms. The molecule has 0 amide bonds. The van der Waals surface area contributed by atoms with Gasteiger partial charge in [0.1, 0.15) is 22.8 Å². The Morgan fingerprint density at radius 2 is 1.62 bits per heavy atom. The van der Waals surface area contributed by atoms with Crippen LogP contribution in [-0.4, -0.2) is 14.1 Å². The number of anilines is 1. The van der Waals surface area contributed by atoms with Crippen molar-refractivity contribution in [3.05, 3.63) is 77.3 Å². The van der Waals surface area contributed by atoms with Gasteiger partial charge in [-0.3, -0.25) is 9.13 Å². The standard InChI is InChI=1S/C23H22N4O2/c24-22-21-20(14-15-25-22)26(16-6-4-5-7-16)23(28)27(21)17-10-12-19(13-11-17)29-18-8-2-1-3-9-18/h1-3,8-16H,4-7H2,(H2,24,25). The quantitative estimate of drug-likeness (QED) is 0.553. The summed E-state index contributed by atoms with van der Waals surface area (Å²) in [6, 6.07) is 19.2. The van der Waals surface area contributed by atoms with E-state index in [1.165, 1.54) is 0 Å². The van der Waals surface area contributed by atoms with Crippen molar-refractivity contribution in [1.29, 1.82) is 0 Å². The minimum absolute atomic E-state index is 0.0664. The summed E-state index contributed by atoms with van der Waals surface area (Å²) in [5.74, 6) is 1.84. The highest BCUT2D eigenvalue weighted by Crippen LogP contribution is 2.33. The number of hydrogen-bond acceptors (Lipinski definition) is 4. The minimum atomic E-state index is -0.0664. The van der Waals surface area contributed by atoms with Gasteiger partial charge in [-0.2, -0.15) is 0 Å². The molecule has 2 heterocycles. The highest BCUT2D eigenvalue weighted by atomic mass is 16.5. The van der Waals surface area contributed by atoms with Crippen LogP contribution in [0.15, 0.2) is 71.7 Å². The van der Waals surface area contributed by atoms with Crippen molar-refractivity contribution in [3.63, 3.8) is 0 Å². The van der Waals surface area contributed by atoms with Crippen LogP contribution in [0.25, 0.3) is 16.7 Å². The average molecular weight is 386 g/mol. The smallest absolute Gasteiger partial charge is 0.334 e. The molecule has 2 aromatic heterocycles. The molecule has 0 aliphatic heterocycles. The third kappa shape index (κ3) is 3.06. The fraction of sp³-hybridized carbons (Fsp3) is 0.217. The molecular weight excluding hydrogens is 364 g/mol. The maximum atomic E-state index is 13.4. The monoisotopic (exact) mass is 386 g/mol. The van der Waals surface area contributed by atoms with E-state index in [0.29, 0.717) is 17.1 Å². The second kappa shape index (κ2) is 7.13. The van der Waals surface area contributed by atoms with Gasteiger partial charge in [0.2, 0.25) is 0 Å². The summed E-state index contributed by atoms with van der Waals surface area (Å²) >= 11 is 0. The molecular formula is C23H22N4O2. The Morgan fingerprint density at radius 1 is 0.931 bits per heavy atom. The summed E-state index contributed by atoms with van der Waals surface area (Å²) in [7, 11) is 0. The molecule has 5 rings (SSSR count). The first-order valence-electron chi connectivity index (χ1n) is 9.93. The molecule has 2 N–H and O–H groups in total. The third-order valence-electron chi connectivity index (χ3n) is 5.58. The van der Waals surface area contributed by atoms with E-state index in [4.69, 9.17) is 10.5 Å². The lowest BCUT2D eigenvalue weighted by Gasteiger charge is -2.11. The molecule has 0 unspecified atom stereocenters. The average Bonchev–Trinajstić information content (AvgIpc) is 3.36. The van der Waals surface area contributed by atoms with E-state index >= 15 is 0 Å². The van der Waals surface area contributed by atoms with Crippen molar-refractivity contribution in [2.75, 3.05) is 5.73 Å². The van der Waals surface area contributed by atoms with Gasteiger partial charge in [-0.05, 0) is 55.3 Å². The van der Waals surface area contributed by atoms with Crippen molar-refractivity contribution in [2.24, 2.45) is 0 Å². The first-order valence-corrected chi connectivity index (χ1v) is 9.93. The number of imidazole rings is 1. The van der Waals surface area contributed by atoms with Crippen LogP contribution in [0.4, 0.5) is 5.82 Å². The lowest BCUT2D eigenvalue weighted by atomic mass is 10.2. The van der Waals surface area contributed by atoms with Crippen LogP contribution in [0.3, 0.4) is 0 Å². The molecule has 0 radical (unpaired) electrons. The summed E-state index contributed by atoms with van der Waals surface area (Å²) in [6.45, 7) is 0. The largest absolute Gasteiger partial charge is 0.457 e. The van der Waals surface area contributed by atoms with Crippen molar-refractivity contribution >= 4 is 16.9 Å². The van der Waals surface area contributed by atoms with Crippen molar-refractivity contribution in [2.45, 2.75) is 31.7 Å². The molecule has 1 saturated carbocycles. The second-order valence-electron chi connectivity index (χ2n) is 7.40. The molecule has 0 atom stereocenters. The fourth-order valence-corrected chi connectivity index (χ4v) is 4.23. The molecule has 6 heteroatoms. The van der Waals surface area contributed by atoms with Gasteiger partial charge in [-0.1, -0.05) is 31.0 Å². The van der Waals surface area contributed by atoms with Crippen molar-refractivity contribution < 1.29 is 4.74 Å². The number of benzene rings is 2. The van der Waals surface area contributed by atoms with Gasteiger partial charge < -0.3 is 10.5 Å². The van der Waals surface area contributed by atoms with Crippen LogP contribution in [0.2, 0.25) is 0 Å². The van der Waals surface area contributed by atoms with E-state index in [9.17, 15) is 4.79 Å². The first-order chi connectivity index (χ1) is 14.2. The van der Waals surface area contributed by atoms with Crippen LogP contribution < -0.4 is 16.2 Å². The van der Waals surface area contributed by atoms with Crippen molar-refractivity contribution in [3.8, 4) is 17.2 Å². The highest BCUT2D eigenvalue weighted by molar-refractivity contribution is 5.87. The predicted molar refractivity (Wildman–Crippen MR) is 114 cm³/mol. The molecule has 1 fully saturated rings. The molecule has 2 aromatic carbocycles. The van der Waals surface area contributed by atoms with E-state index in [-0.39, 0.29) is 11.7 Å². The maximum absolute atomic E-state index is 13.4. The number of pyridine rings is 1. The molecule has 1 aliphatic carbocycles. The number of fused-ring (bicyclic) bond motifs is 1. The highest BCUT2D eigenvalue weighted by Gasteiger charge is 2.25. The molecule has 0 saturated heterocycles. The van der Waals surface area contributed by atoms with Crippen LogP contribution in [-0.2, 0) is 0 Å². The van der Waals surface area contributed by atoms with Crippen LogP contribution >= 0.6 is 0 Å². The van der Waals surface area contributed by atoms with Crippen molar-refractivity contribution in [1.82, 2.24) is 14.1 Å². The number of nitrogens with zero attached hydrogens (tertiary/aromatic N) is 3. The fourth-order valence-electron chi connectivity index (χ4n) is 4.23. The number of nitrogens with two attached hydrogens (primary N) is 1. The molecule has 146 valence electrons. The Hall–Kier alpha value is -3.54. The molecule has 0 bridgehead atoms. The molecule has 29 heavy (non-hydrogen) atoms. The van der Waals surface area contributed by atoms with E-state index in [1.54, 1.807) is 10.8 Å². The zero-order valence-electron chi connectivity index (χ0n) is 16.0. The summed E-state index contributed by atoms with van der Waals surface area (Å²) in [4.78, 5) is 17.6.